The molecule has 0 aromatic heterocycles. The van der Waals surface area contributed by atoms with E-state index in [0.29, 0.717) is 38.5 Å². The number of ether oxygens (including phenoxy) is 1. The molecule has 6 nitrogen and oxygen atoms in total. The second-order valence-corrected chi connectivity index (χ2v) is 6.81. The highest BCUT2D eigenvalue weighted by Crippen LogP contribution is 2.20. The molecular weight excluding hydrogens is 318 g/mol. The molecule has 1 N–H and O–H groups in total. The van der Waals surface area contributed by atoms with Gasteiger partial charge in [-0.1, -0.05) is 18.2 Å². The van der Waals surface area contributed by atoms with E-state index < -0.39 is 0 Å². The van der Waals surface area contributed by atoms with Crippen molar-refractivity contribution in [2.45, 2.75) is 31.7 Å². The minimum Gasteiger partial charge on any atom is -0.496 e. The Hall–Kier alpha value is -2.08. The Kier molecular flexibility index (Phi) is 5.91. The highest BCUT2D eigenvalue weighted by molar-refractivity contribution is 5.79. The smallest absolute Gasteiger partial charge is 0.234 e. The number of carbonyl (C=O) groups excluding carboxylic acids is 2. The summed E-state index contributed by atoms with van der Waals surface area (Å²) in [4.78, 5) is 28.3. The lowest BCUT2D eigenvalue weighted by Gasteiger charge is -2.34. The number of carbonyl (C=O) groups is 2. The first-order chi connectivity index (χ1) is 12.2. The molecule has 25 heavy (non-hydrogen) atoms. The van der Waals surface area contributed by atoms with Crippen LogP contribution in [0.4, 0.5) is 0 Å². The van der Waals surface area contributed by atoms with Crippen molar-refractivity contribution in [3.05, 3.63) is 29.8 Å². The minimum absolute atomic E-state index is 0.110. The maximum absolute atomic E-state index is 12.4. The first-order valence-electron chi connectivity index (χ1n) is 9.07. The summed E-state index contributed by atoms with van der Waals surface area (Å²) in [7, 11) is 1.65. The molecule has 1 heterocycles. The molecule has 1 saturated carbocycles. The van der Waals surface area contributed by atoms with E-state index in [2.05, 4.69) is 10.2 Å². The first-order valence-corrected chi connectivity index (χ1v) is 9.07. The van der Waals surface area contributed by atoms with Crippen LogP contribution in [-0.2, 0) is 16.0 Å². The van der Waals surface area contributed by atoms with Crippen molar-refractivity contribution in [2.24, 2.45) is 0 Å². The van der Waals surface area contributed by atoms with Crippen LogP contribution in [0.25, 0.3) is 0 Å². The third-order valence-electron chi connectivity index (χ3n) is 4.84. The molecule has 0 bridgehead atoms. The van der Waals surface area contributed by atoms with Gasteiger partial charge in [-0.3, -0.25) is 14.5 Å². The molecule has 1 saturated heterocycles. The SMILES string of the molecule is COc1ccccc1CCC(=O)N1CCN(CC(=O)NC2CC2)CC1. The van der Waals surface area contributed by atoms with Gasteiger partial charge in [0.25, 0.3) is 0 Å². The Bertz CT molecular complexity index is 608. The van der Waals surface area contributed by atoms with Crippen LogP contribution in [0.3, 0.4) is 0 Å². The topological polar surface area (TPSA) is 61.9 Å². The fraction of sp³-hybridized carbons (Fsp3) is 0.579. The summed E-state index contributed by atoms with van der Waals surface area (Å²) in [5.74, 6) is 1.12. The van der Waals surface area contributed by atoms with Crippen molar-refractivity contribution in [2.75, 3.05) is 39.8 Å². The van der Waals surface area contributed by atoms with Gasteiger partial charge in [0.2, 0.25) is 11.8 Å². The van der Waals surface area contributed by atoms with E-state index in [4.69, 9.17) is 4.74 Å². The number of nitrogens with zero attached hydrogens (tertiary/aromatic N) is 2. The average molecular weight is 345 g/mol. The Balaban J connectivity index is 1.39. The fourth-order valence-electron chi connectivity index (χ4n) is 3.17. The lowest BCUT2D eigenvalue weighted by atomic mass is 10.1. The zero-order valence-electron chi connectivity index (χ0n) is 14.9. The predicted molar refractivity (Wildman–Crippen MR) is 95.5 cm³/mol. The molecule has 2 aliphatic rings. The van der Waals surface area contributed by atoms with Gasteiger partial charge in [-0.15, -0.1) is 0 Å². The Morgan fingerprint density at radius 1 is 1.16 bits per heavy atom. The molecule has 2 amide bonds. The lowest BCUT2D eigenvalue weighted by molar-refractivity contribution is -0.133. The molecule has 0 spiro atoms. The number of nitrogens with one attached hydrogen (secondary N) is 1. The number of amides is 2. The Morgan fingerprint density at radius 2 is 1.88 bits per heavy atom. The van der Waals surface area contributed by atoms with Crippen LogP contribution >= 0.6 is 0 Å². The van der Waals surface area contributed by atoms with Crippen LogP contribution in [0.5, 0.6) is 5.75 Å². The summed E-state index contributed by atoms with van der Waals surface area (Å²) < 4.78 is 5.34. The van der Waals surface area contributed by atoms with E-state index in [-0.39, 0.29) is 11.8 Å². The van der Waals surface area contributed by atoms with Crippen LogP contribution in [0.15, 0.2) is 24.3 Å². The molecule has 1 aromatic rings. The van der Waals surface area contributed by atoms with E-state index in [1.54, 1.807) is 7.11 Å². The third kappa shape index (κ3) is 5.19. The quantitative estimate of drug-likeness (QED) is 0.802. The number of aryl methyl sites for hydroxylation is 1. The van der Waals surface area contributed by atoms with Gasteiger partial charge in [-0.25, -0.2) is 0 Å². The van der Waals surface area contributed by atoms with Crippen molar-refractivity contribution in [3.63, 3.8) is 0 Å². The number of hydrogen-bond donors (Lipinski definition) is 1. The van der Waals surface area contributed by atoms with Crippen LogP contribution in [0, 0.1) is 0 Å². The maximum atomic E-state index is 12.4. The average Bonchev–Trinajstić information content (AvgIpc) is 3.44. The molecule has 2 fully saturated rings. The van der Waals surface area contributed by atoms with Crippen LogP contribution < -0.4 is 10.1 Å². The summed E-state index contributed by atoms with van der Waals surface area (Å²) in [6.45, 7) is 3.36. The second kappa shape index (κ2) is 8.34. The van der Waals surface area contributed by atoms with Crippen molar-refractivity contribution < 1.29 is 14.3 Å². The van der Waals surface area contributed by atoms with E-state index >= 15 is 0 Å². The van der Waals surface area contributed by atoms with Crippen LogP contribution in [0.2, 0.25) is 0 Å². The molecule has 1 aliphatic heterocycles. The molecule has 0 atom stereocenters. The van der Waals surface area contributed by atoms with Gasteiger partial charge in [-0.2, -0.15) is 0 Å². The summed E-state index contributed by atoms with van der Waals surface area (Å²) in [6.07, 6.45) is 3.40. The van der Waals surface area contributed by atoms with Crippen LogP contribution in [0.1, 0.15) is 24.8 Å². The molecular formula is C19H27N3O3. The van der Waals surface area contributed by atoms with Gasteiger partial charge in [0.05, 0.1) is 13.7 Å². The van der Waals surface area contributed by atoms with Gasteiger partial charge < -0.3 is 15.0 Å². The number of benzene rings is 1. The molecule has 0 unspecified atom stereocenters. The lowest BCUT2D eigenvalue weighted by Crippen LogP contribution is -2.51. The Morgan fingerprint density at radius 3 is 2.56 bits per heavy atom. The fourth-order valence-corrected chi connectivity index (χ4v) is 3.17. The molecule has 1 aromatic carbocycles. The summed E-state index contributed by atoms with van der Waals surface area (Å²) >= 11 is 0. The number of para-hydroxylation sites is 1. The van der Waals surface area contributed by atoms with Crippen molar-refractivity contribution in [3.8, 4) is 5.75 Å². The molecule has 0 radical (unpaired) electrons. The highest BCUT2D eigenvalue weighted by Gasteiger charge is 2.26. The highest BCUT2D eigenvalue weighted by atomic mass is 16.5. The summed E-state index contributed by atoms with van der Waals surface area (Å²) in [5.41, 5.74) is 1.06. The van der Waals surface area contributed by atoms with E-state index in [1.807, 2.05) is 29.2 Å². The minimum atomic E-state index is 0.110. The predicted octanol–water partition coefficient (Wildman–Crippen LogP) is 1.05. The van der Waals surface area contributed by atoms with E-state index in [1.165, 1.54) is 0 Å². The molecule has 6 heteroatoms. The molecule has 3 rings (SSSR count). The zero-order valence-corrected chi connectivity index (χ0v) is 14.9. The van der Waals surface area contributed by atoms with Gasteiger partial charge >= 0.3 is 0 Å². The van der Waals surface area contributed by atoms with Gasteiger partial charge in [0, 0.05) is 38.6 Å². The summed E-state index contributed by atoms with van der Waals surface area (Å²) in [6, 6.07) is 8.23. The Labute approximate surface area is 149 Å². The van der Waals surface area contributed by atoms with Crippen molar-refractivity contribution in [1.29, 1.82) is 0 Å². The van der Waals surface area contributed by atoms with E-state index in [0.717, 1.165) is 37.2 Å². The zero-order chi connectivity index (χ0) is 17.6. The second-order valence-electron chi connectivity index (χ2n) is 6.81. The summed E-state index contributed by atoms with van der Waals surface area (Å²) in [5, 5.41) is 3.01. The van der Waals surface area contributed by atoms with Crippen LogP contribution in [-0.4, -0.2) is 67.5 Å². The largest absolute Gasteiger partial charge is 0.496 e. The number of hydrogen-bond acceptors (Lipinski definition) is 4. The number of rotatable bonds is 7. The molecule has 136 valence electrons. The van der Waals surface area contributed by atoms with Gasteiger partial charge in [0.1, 0.15) is 5.75 Å². The van der Waals surface area contributed by atoms with Crippen molar-refractivity contribution >= 4 is 11.8 Å². The maximum Gasteiger partial charge on any atom is 0.234 e. The monoisotopic (exact) mass is 345 g/mol. The van der Waals surface area contributed by atoms with Gasteiger partial charge in [0.15, 0.2) is 0 Å². The number of methoxy groups -OCH3 is 1. The number of piperazine rings is 1. The normalized spacial score (nSPS) is 18.0. The van der Waals surface area contributed by atoms with Crippen molar-refractivity contribution in [1.82, 2.24) is 15.1 Å². The standard InChI is InChI=1S/C19H27N3O3/c1-25-17-5-3-2-4-15(17)6-9-19(24)22-12-10-21(11-13-22)14-18(23)20-16-7-8-16/h2-5,16H,6-14H2,1H3,(H,20,23). The first kappa shape index (κ1) is 17.7. The van der Waals surface area contributed by atoms with Gasteiger partial charge in [-0.05, 0) is 30.9 Å². The van der Waals surface area contributed by atoms with E-state index in [9.17, 15) is 9.59 Å². The molecule has 1 aliphatic carbocycles. The third-order valence-corrected chi connectivity index (χ3v) is 4.84.